The number of rotatable bonds is 5. The van der Waals surface area contributed by atoms with Crippen LogP contribution in [0.2, 0.25) is 0 Å². The highest BCUT2D eigenvalue weighted by atomic mass is 16.5. The second-order valence-electron chi connectivity index (χ2n) is 5.60. The van der Waals surface area contributed by atoms with Crippen molar-refractivity contribution in [1.82, 2.24) is 0 Å². The minimum atomic E-state index is -0.501. The summed E-state index contributed by atoms with van der Waals surface area (Å²) in [5.74, 6) is -0.302. The van der Waals surface area contributed by atoms with Gasteiger partial charge in [0, 0.05) is 11.8 Å². The van der Waals surface area contributed by atoms with Gasteiger partial charge in [-0.2, -0.15) is 0 Å². The van der Waals surface area contributed by atoms with E-state index >= 15 is 0 Å². The number of carbonyl (C=O) groups is 1. The number of benzene rings is 1. The monoisotopic (exact) mass is 274 g/mol. The molecule has 1 N–H and O–H groups in total. The first kappa shape index (κ1) is 14.9. The molecule has 0 spiro atoms. The maximum atomic E-state index is 12.0. The Balaban J connectivity index is 2.10. The molecule has 0 aliphatic heterocycles. The topological polar surface area (TPSA) is 46.5 Å². The van der Waals surface area contributed by atoms with E-state index in [0.717, 1.165) is 5.56 Å². The van der Waals surface area contributed by atoms with E-state index in [4.69, 9.17) is 4.74 Å². The smallest absolute Gasteiger partial charge is 0.139 e. The van der Waals surface area contributed by atoms with Crippen LogP contribution in [-0.4, -0.2) is 23.6 Å². The van der Waals surface area contributed by atoms with Crippen LogP contribution in [0, 0.1) is 11.3 Å². The van der Waals surface area contributed by atoms with E-state index < -0.39 is 11.3 Å². The van der Waals surface area contributed by atoms with Gasteiger partial charge >= 0.3 is 0 Å². The number of ether oxygens (including phenoxy) is 1. The fraction of sp³-hybridized carbons (Fsp3) is 0.471. The molecule has 1 saturated carbocycles. The summed E-state index contributed by atoms with van der Waals surface area (Å²) >= 11 is 0. The zero-order valence-electron chi connectivity index (χ0n) is 11.9. The molecule has 0 unspecified atom stereocenters. The molecule has 1 fully saturated rings. The molecule has 20 heavy (non-hydrogen) atoms. The molecule has 1 aromatic rings. The van der Waals surface area contributed by atoms with Crippen molar-refractivity contribution in [3.63, 3.8) is 0 Å². The van der Waals surface area contributed by atoms with Crippen molar-refractivity contribution in [2.75, 3.05) is 6.61 Å². The standard InChI is InChI=1S/C17H22O3/c1-3-17(2)14(11-18)15(19)9-10-16(17)20-12-13-7-5-4-6-8-13/h3-8,14,16,18H,1,9-12H2,2H3/t14-,16+,17+/m1/s1. The highest BCUT2D eigenvalue weighted by Gasteiger charge is 2.46. The highest BCUT2D eigenvalue weighted by Crippen LogP contribution is 2.42. The van der Waals surface area contributed by atoms with Gasteiger partial charge in [0.1, 0.15) is 5.78 Å². The average molecular weight is 274 g/mol. The fourth-order valence-electron chi connectivity index (χ4n) is 2.94. The third-order valence-corrected chi connectivity index (χ3v) is 4.40. The summed E-state index contributed by atoms with van der Waals surface area (Å²) in [5.41, 5.74) is 0.607. The van der Waals surface area contributed by atoms with Crippen LogP contribution in [0.25, 0.3) is 0 Å². The van der Waals surface area contributed by atoms with Gasteiger partial charge in [0.2, 0.25) is 0 Å². The zero-order valence-corrected chi connectivity index (χ0v) is 11.9. The van der Waals surface area contributed by atoms with Crippen molar-refractivity contribution >= 4 is 5.78 Å². The van der Waals surface area contributed by atoms with Gasteiger partial charge in [-0.1, -0.05) is 43.3 Å². The molecule has 3 nitrogen and oxygen atoms in total. The van der Waals surface area contributed by atoms with Crippen LogP contribution >= 0.6 is 0 Å². The van der Waals surface area contributed by atoms with Crippen molar-refractivity contribution in [2.45, 2.75) is 32.5 Å². The van der Waals surface area contributed by atoms with Crippen molar-refractivity contribution in [2.24, 2.45) is 11.3 Å². The Morgan fingerprint density at radius 3 is 2.75 bits per heavy atom. The number of aliphatic hydroxyl groups is 1. The molecule has 0 bridgehead atoms. The lowest BCUT2D eigenvalue weighted by Crippen LogP contribution is -2.48. The predicted octanol–water partition coefficient (Wildman–Crippen LogP) is 2.74. The second-order valence-corrected chi connectivity index (χ2v) is 5.60. The molecule has 0 radical (unpaired) electrons. The summed E-state index contributed by atoms with van der Waals surface area (Å²) in [7, 11) is 0. The normalized spacial score (nSPS) is 30.2. The van der Waals surface area contributed by atoms with Crippen molar-refractivity contribution in [3.8, 4) is 0 Å². The average Bonchev–Trinajstić information content (AvgIpc) is 2.48. The van der Waals surface area contributed by atoms with Gasteiger partial charge in [-0.3, -0.25) is 4.79 Å². The van der Waals surface area contributed by atoms with Crippen LogP contribution in [0.1, 0.15) is 25.3 Å². The van der Waals surface area contributed by atoms with E-state index in [-0.39, 0.29) is 18.5 Å². The summed E-state index contributed by atoms with van der Waals surface area (Å²) in [6.07, 6.45) is 2.83. The van der Waals surface area contributed by atoms with Gasteiger partial charge in [0.05, 0.1) is 25.2 Å². The zero-order chi connectivity index (χ0) is 14.6. The first-order chi connectivity index (χ1) is 9.61. The Morgan fingerprint density at radius 1 is 1.45 bits per heavy atom. The van der Waals surface area contributed by atoms with E-state index in [9.17, 15) is 9.90 Å². The van der Waals surface area contributed by atoms with E-state index in [2.05, 4.69) is 6.58 Å². The number of carbonyl (C=O) groups excluding carboxylic acids is 1. The molecule has 0 amide bonds. The molecule has 1 aromatic carbocycles. The van der Waals surface area contributed by atoms with Gasteiger partial charge in [0.25, 0.3) is 0 Å². The van der Waals surface area contributed by atoms with Gasteiger partial charge < -0.3 is 9.84 Å². The quantitative estimate of drug-likeness (QED) is 0.840. The largest absolute Gasteiger partial charge is 0.396 e. The molecule has 108 valence electrons. The van der Waals surface area contributed by atoms with Crippen molar-refractivity contribution in [3.05, 3.63) is 48.6 Å². The van der Waals surface area contributed by atoms with Crippen molar-refractivity contribution in [1.29, 1.82) is 0 Å². The van der Waals surface area contributed by atoms with E-state index in [0.29, 0.717) is 19.4 Å². The summed E-state index contributed by atoms with van der Waals surface area (Å²) in [5, 5.41) is 9.51. The molecule has 3 heteroatoms. The Morgan fingerprint density at radius 2 is 2.15 bits per heavy atom. The lowest BCUT2D eigenvalue weighted by Gasteiger charge is -2.43. The molecule has 1 aliphatic rings. The summed E-state index contributed by atoms with van der Waals surface area (Å²) in [6, 6.07) is 9.96. The SMILES string of the molecule is C=C[C@]1(C)[C@@H](OCc2ccccc2)CCC(=O)[C@H]1CO. The third-order valence-electron chi connectivity index (χ3n) is 4.40. The summed E-state index contributed by atoms with van der Waals surface area (Å²) in [4.78, 5) is 12.0. The fourth-order valence-corrected chi connectivity index (χ4v) is 2.94. The Kier molecular flexibility index (Phi) is 4.73. The number of hydrogen-bond donors (Lipinski definition) is 1. The number of ketones is 1. The summed E-state index contributed by atoms with van der Waals surface area (Å²) in [6.45, 7) is 6.17. The van der Waals surface area contributed by atoms with Crippen LogP contribution in [0.3, 0.4) is 0 Å². The Labute approximate surface area is 120 Å². The van der Waals surface area contributed by atoms with Crippen LogP contribution < -0.4 is 0 Å². The third kappa shape index (κ3) is 2.84. The minimum absolute atomic E-state index is 0.0879. The van der Waals surface area contributed by atoms with Gasteiger partial charge in [-0.25, -0.2) is 0 Å². The molecule has 2 rings (SSSR count). The number of Topliss-reactive ketones (excluding diaryl/α,β-unsaturated/α-hetero) is 1. The van der Waals surface area contributed by atoms with E-state index in [1.165, 1.54) is 0 Å². The molecule has 0 aromatic heterocycles. The number of aliphatic hydroxyl groups excluding tert-OH is 1. The Bertz CT molecular complexity index is 468. The maximum absolute atomic E-state index is 12.0. The van der Waals surface area contributed by atoms with E-state index in [1.807, 2.05) is 37.3 Å². The number of hydrogen-bond acceptors (Lipinski definition) is 3. The first-order valence-corrected chi connectivity index (χ1v) is 7.04. The lowest BCUT2D eigenvalue weighted by molar-refractivity contribution is -0.142. The van der Waals surface area contributed by atoms with Crippen LogP contribution in [-0.2, 0) is 16.1 Å². The molecular formula is C17H22O3. The molecule has 3 atom stereocenters. The molecule has 1 aliphatic carbocycles. The first-order valence-electron chi connectivity index (χ1n) is 7.04. The van der Waals surface area contributed by atoms with Crippen molar-refractivity contribution < 1.29 is 14.6 Å². The van der Waals surface area contributed by atoms with Gasteiger partial charge in [-0.15, -0.1) is 6.58 Å². The second kappa shape index (κ2) is 6.33. The van der Waals surface area contributed by atoms with E-state index in [1.54, 1.807) is 6.08 Å². The van der Waals surface area contributed by atoms with Crippen LogP contribution in [0.5, 0.6) is 0 Å². The Hall–Kier alpha value is -1.45. The molecule has 0 saturated heterocycles. The maximum Gasteiger partial charge on any atom is 0.139 e. The lowest BCUT2D eigenvalue weighted by atomic mass is 9.65. The van der Waals surface area contributed by atoms with Gasteiger partial charge in [0.15, 0.2) is 0 Å². The molecule has 0 heterocycles. The predicted molar refractivity (Wildman–Crippen MR) is 78.1 cm³/mol. The van der Waals surface area contributed by atoms with Crippen LogP contribution in [0.4, 0.5) is 0 Å². The van der Waals surface area contributed by atoms with Crippen LogP contribution in [0.15, 0.2) is 43.0 Å². The minimum Gasteiger partial charge on any atom is -0.396 e. The highest BCUT2D eigenvalue weighted by molar-refractivity contribution is 5.83. The van der Waals surface area contributed by atoms with Gasteiger partial charge in [-0.05, 0) is 12.0 Å². The molecular weight excluding hydrogens is 252 g/mol. The summed E-state index contributed by atoms with van der Waals surface area (Å²) < 4.78 is 6.02.